The molecule has 152 valence electrons. The zero-order chi connectivity index (χ0) is 21.2. The van der Waals surface area contributed by atoms with E-state index in [1.807, 2.05) is 19.9 Å². The molecule has 0 aliphatic carbocycles. The molecule has 7 nitrogen and oxygen atoms in total. The number of aryl methyl sites for hydroxylation is 1. The van der Waals surface area contributed by atoms with Gasteiger partial charge in [0.05, 0.1) is 0 Å². The topological polar surface area (TPSA) is 99.3 Å². The third-order valence-corrected chi connectivity index (χ3v) is 4.19. The first-order chi connectivity index (χ1) is 13.9. The number of unbranched alkanes of at least 4 members (excludes halogenated alkanes) is 1. The first-order valence-electron chi connectivity index (χ1n) is 9.27. The van der Waals surface area contributed by atoms with Crippen molar-refractivity contribution in [2.45, 2.75) is 33.1 Å². The van der Waals surface area contributed by atoms with Crippen LogP contribution >= 0.6 is 12.2 Å². The van der Waals surface area contributed by atoms with Crippen LogP contribution in [0.1, 0.15) is 52.5 Å². The van der Waals surface area contributed by atoms with E-state index in [-0.39, 0.29) is 16.9 Å². The minimum absolute atomic E-state index is 0.0235. The Morgan fingerprint density at radius 1 is 0.931 bits per heavy atom. The number of anilines is 1. The van der Waals surface area contributed by atoms with Crippen LogP contribution in [-0.4, -0.2) is 22.8 Å². The van der Waals surface area contributed by atoms with Gasteiger partial charge in [-0.25, -0.2) is 0 Å². The lowest BCUT2D eigenvalue weighted by Gasteiger charge is -2.11. The molecule has 0 heterocycles. The fourth-order valence-corrected chi connectivity index (χ4v) is 2.59. The average molecular weight is 413 g/mol. The first kappa shape index (κ1) is 22.0. The van der Waals surface area contributed by atoms with E-state index in [2.05, 4.69) is 21.5 Å². The molecular weight excluding hydrogens is 388 g/mol. The Morgan fingerprint density at radius 3 is 2.31 bits per heavy atom. The number of thiocarbonyl (C=S) groups is 1. The molecule has 4 N–H and O–H groups in total. The summed E-state index contributed by atoms with van der Waals surface area (Å²) in [7, 11) is 0. The molecule has 0 radical (unpaired) electrons. The first-order valence-corrected chi connectivity index (χ1v) is 9.68. The number of amides is 3. The number of rotatable bonds is 6. The van der Waals surface area contributed by atoms with Gasteiger partial charge in [0, 0.05) is 23.2 Å². The summed E-state index contributed by atoms with van der Waals surface area (Å²) in [6, 6.07) is 13.5. The van der Waals surface area contributed by atoms with Crippen molar-refractivity contribution in [2.24, 2.45) is 0 Å². The molecule has 0 fully saturated rings. The van der Waals surface area contributed by atoms with E-state index in [9.17, 15) is 14.4 Å². The summed E-state index contributed by atoms with van der Waals surface area (Å²) >= 11 is 5.03. The molecule has 0 saturated carbocycles. The van der Waals surface area contributed by atoms with Crippen LogP contribution in [0.15, 0.2) is 48.5 Å². The van der Waals surface area contributed by atoms with Crippen LogP contribution in [0.25, 0.3) is 0 Å². The standard InChI is InChI=1S/C21H24N4O3S/c1-3-4-8-18(26)22-17-11-9-15(10-12-17)20(28)24-25-21(29)23-19(27)16-7-5-6-14(2)13-16/h5-7,9-13H,3-4,8H2,1-2H3,(H,22,26)(H,24,28)(H2,23,25,27,29). The van der Waals surface area contributed by atoms with Crippen LogP contribution in [0.2, 0.25) is 0 Å². The highest BCUT2D eigenvalue weighted by Crippen LogP contribution is 2.10. The summed E-state index contributed by atoms with van der Waals surface area (Å²) in [5.74, 6) is -0.856. The highest BCUT2D eigenvalue weighted by molar-refractivity contribution is 7.80. The molecule has 0 aromatic heterocycles. The maximum absolute atomic E-state index is 12.2. The maximum atomic E-state index is 12.2. The zero-order valence-electron chi connectivity index (χ0n) is 16.4. The molecule has 0 aliphatic heterocycles. The highest BCUT2D eigenvalue weighted by Gasteiger charge is 2.10. The fraction of sp³-hybridized carbons (Fsp3) is 0.238. The van der Waals surface area contributed by atoms with Crippen molar-refractivity contribution in [2.75, 3.05) is 5.32 Å². The predicted molar refractivity (Wildman–Crippen MR) is 116 cm³/mol. The van der Waals surface area contributed by atoms with E-state index in [0.29, 0.717) is 23.2 Å². The van der Waals surface area contributed by atoms with Gasteiger partial charge in [0.1, 0.15) is 0 Å². The van der Waals surface area contributed by atoms with Gasteiger partial charge in [-0.15, -0.1) is 0 Å². The summed E-state index contributed by atoms with van der Waals surface area (Å²) in [5.41, 5.74) is 7.34. The molecule has 3 amide bonds. The summed E-state index contributed by atoms with van der Waals surface area (Å²) < 4.78 is 0. The molecule has 0 unspecified atom stereocenters. The number of hydrogen-bond donors (Lipinski definition) is 4. The largest absolute Gasteiger partial charge is 0.326 e. The van der Waals surface area contributed by atoms with Crippen molar-refractivity contribution in [3.63, 3.8) is 0 Å². The molecular formula is C21H24N4O3S. The monoisotopic (exact) mass is 412 g/mol. The maximum Gasteiger partial charge on any atom is 0.269 e. The summed E-state index contributed by atoms with van der Waals surface area (Å²) in [6.45, 7) is 3.91. The lowest BCUT2D eigenvalue weighted by atomic mass is 10.1. The van der Waals surface area contributed by atoms with Crippen LogP contribution in [0.4, 0.5) is 5.69 Å². The Labute approximate surface area is 175 Å². The van der Waals surface area contributed by atoms with Gasteiger partial charge in [-0.1, -0.05) is 31.0 Å². The van der Waals surface area contributed by atoms with Crippen molar-refractivity contribution in [1.29, 1.82) is 0 Å². The van der Waals surface area contributed by atoms with Crippen LogP contribution in [0.3, 0.4) is 0 Å². The number of carbonyl (C=O) groups is 3. The molecule has 0 aliphatic rings. The van der Waals surface area contributed by atoms with Crippen LogP contribution in [0.5, 0.6) is 0 Å². The lowest BCUT2D eigenvalue weighted by Crippen LogP contribution is -2.48. The van der Waals surface area contributed by atoms with Crippen molar-refractivity contribution < 1.29 is 14.4 Å². The van der Waals surface area contributed by atoms with Crippen LogP contribution in [-0.2, 0) is 4.79 Å². The summed E-state index contributed by atoms with van der Waals surface area (Å²) in [5, 5.41) is 5.25. The third kappa shape index (κ3) is 7.34. The predicted octanol–water partition coefficient (Wildman–Crippen LogP) is 3.07. The molecule has 0 atom stereocenters. The van der Waals surface area contributed by atoms with Crippen LogP contribution in [0, 0.1) is 6.92 Å². The van der Waals surface area contributed by atoms with Crippen molar-refractivity contribution in [3.8, 4) is 0 Å². The lowest BCUT2D eigenvalue weighted by molar-refractivity contribution is -0.116. The van der Waals surface area contributed by atoms with E-state index in [1.54, 1.807) is 42.5 Å². The smallest absolute Gasteiger partial charge is 0.269 e. The number of nitrogens with one attached hydrogen (secondary N) is 4. The van der Waals surface area contributed by atoms with Gasteiger partial charge in [0.25, 0.3) is 11.8 Å². The van der Waals surface area contributed by atoms with Crippen molar-refractivity contribution in [3.05, 3.63) is 65.2 Å². The van der Waals surface area contributed by atoms with E-state index >= 15 is 0 Å². The molecule has 2 aromatic carbocycles. The number of hydrogen-bond acceptors (Lipinski definition) is 4. The fourth-order valence-electron chi connectivity index (χ4n) is 2.44. The van der Waals surface area contributed by atoms with Gasteiger partial charge in [0.2, 0.25) is 5.91 Å². The second kappa shape index (κ2) is 10.9. The Kier molecular flexibility index (Phi) is 8.29. The number of hydrazine groups is 1. The molecule has 0 saturated heterocycles. The number of benzene rings is 2. The van der Waals surface area contributed by atoms with E-state index in [4.69, 9.17) is 12.2 Å². The quantitative estimate of drug-likeness (QED) is 0.432. The Bertz CT molecular complexity index is 897. The van der Waals surface area contributed by atoms with Gasteiger partial charge >= 0.3 is 0 Å². The zero-order valence-corrected chi connectivity index (χ0v) is 17.2. The highest BCUT2D eigenvalue weighted by atomic mass is 32.1. The second-order valence-electron chi connectivity index (χ2n) is 6.46. The molecule has 0 bridgehead atoms. The van der Waals surface area contributed by atoms with Gasteiger partial charge in [-0.3, -0.25) is 30.6 Å². The van der Waals surface area contributed by atoms with Gasteiger partial charge < -0.3 is 5.32 Å². The van der Waals surface area contributed by atoms with Crippen molar-refractivity contribution >= 4 is 40.7 Å². The van der Waals surface area contributed by atoms with Gasteiger partial charge in [-0.05, 0) is 62.0 Å². The molecule has 2 rings (SSSR count). The van der Waals surface area contributed by atoms with Gasteiger partial charge in [0.15, 0.2) is 5.11 Å². The summed E-state index contributed by atoms with van der Waals surface area (Å²) in [4.78, 5) is 36.0. The Hall–Kier alpha value is -3.26. The molecule has 0 spiro atoms. The Balaban J connectivity index is 1.81. The average Bonchev–Trinajstić information content (AvgIpc) is 2.71. The minimum atomic E-state index is -0.430. The second-order valence-corrected chi connectivity index (χ2v) is 6.87. The molecule has 2 aromatic rings. The van der Waals surface area contributed by atoms with E-state index < -0.39 is 5.91 Å². The number of carbonyl (C=O) groups excluding carboxylic acids is 3. The van der Waals surface area contributed by atoms with Crippen molar-refractivity contribution in [1.82, 2.24) is 16.2 Å². The Morgan fingerprint density at radius 2 is 1.66 bits per heavy atom. The van der Waals surface area contributed by atoms with E-state index in [0.717, 1.165) is 18.4 Å². The third-order valence-electron chi connectivity index (χ3n) is 3.99. The minimum Gasteiger partial charge on any atom is -0.326 e. The van der Waals surface area contributed by atoms with Crippen LogP contribution < -0.4 is 21.5 Å². The SMILES string of the molecule is CCCCC(=O)Nc1ccc(C(=O)NNC(=S)NC(=O)c2cccc(C)c2)cc1. The molecule has 8 heteroatoms. The molecule has 29 heavy (non-hydrogen) atoms. The summed E-state index contributed by atoms with van der Waals surface area (Å²) in [6.07, 6.45) is 2.25. The normalized spacial score (nSPS) is 10.0. The van der Waals surface area contributed by atoms with Gasteiger partial charge in [-0.2, -0.15) is 0 Å². The van der Waals surface area contributed by atoms with E-state index in [1.165, 1.54) is 0 Å².